The summed E-state index contributed by atoms with van der Waals surface area (Å²) in [5.74, 6) is -0.744. The molecule has 5 nitrogen and oxygen atoms in total. The highest BCUT2D eigenvalue weighted by molar-refractivity contribution is 5.70. The summed E-state index contributed by atoms with van der Waals surface area (Å²) in [4.78, 5) is 14.0. The number of ether oxygens (including phenoxy) is 3. The van der Waals surface area contributed by atoms with Crippen LogP contribution in [0.5, 0.6) is 5.75 Å². The summed E-state index contributed by atoms with van der Waals surface area (Å²) < 4.78 is 70.7. The number of esters is 1. The fourth-order valence-corrected chi connectivity index (χ4v) is 3.68. The molecule has 0 N–H and O–H groups in total. The molecule has 186 valence electrons. The molecule has 2 aromatic carbocycles. The third-order valence-corrected chi connectivity index (χ3v) is 5.24. The molecule has 9 heteroatoms. The molecule has 0 amide bonds. The molecule has 34 heavy (non-hydrogen) atoms. The van der Waals surface area contributed by atoms with Crippen molar-refractivity contribution in [3.05, 3.63) is 65.0 Å². The second-order valence-corrected chi connectivity index (χ2v) is 9.12. The molecular formula is C25H29F4NO4. The molecule has 1 fully saturated rings. The first-order valence-corrected chi connectivity index (χ1v) is 11.1. The van der Waals surface area contributed by atoms with Gasteiger partial charge < -0.3 is 14.2 Å². The van der Waals surface area contributed by atoms with Crippen LogP contribution >= 0.6 is 0 Å². The highest BCUT2D eigenvalue weighted by atomic mass is 19.4. The second-order valence-electron chi connectivity index (χ2n) is 9.12. The molecule has 2 aromatic rings. The highest BCUT2D eigenvalue weighted by Crippen LogP contribution is 2.33. The Kier molecular flexibility index (Phi) is 8.20. The largest absolute Gasteiger partial charge is 0.489 e. The summed E-state index contributed by atoms with van der Waals surface area (Å²) >= 11 is 0. The second kappa shape index (κ2) is 10.7. The monoisotopic (exact) mass is 483 g/mol. The van der Waals surface area contributed by atoms with Crippen LogP contribution in [-0.2, 0) is 27.1 Å². The minimum atomic E-state index is -4.50. The number of nitrogens with zero attached hydrogens (tertiary/aromatic N) is 1. The van der Waals surface area contributed by atoms with Gasteiger partial charge in [-0.05, 0) is 39.0 Å². The number of carbonyl (C=O) groups is 1. The van der Waals surface area contributed by atoms with Crippen LogP contribution in [0.2, 0.25) is 0 Å². The van der Waals surface area contributed by atoms with E-state index in [4.69, 9.17) is 14.2 Å². The van der Waals surface area contributed by atoms with E-state index < -0.39 is 29.3 Å². The molecule has 0 aromatic heterocycles. The zero-order chi connectivity index (χ0) is 24.9. The molecule has 1 aliphatic rings. The Morgan fingerprint density at radius 2 is 1.88 bits per heavy atom. The van der Waals surface area contributed by atoms with Crippen LogP contribution in [0, 0.1) is 5.82 Å². The molecule has 0 radical (unpaired) electrons. The summed E-state index contributed by atoms with van der Waals surface area (Å²) in [7, 11) is 0. The van der Waals surface area contributed by atoms with Crippen LogP contribution in [-0.4, -0.2) is 42.7 Å². The Morgan fingerprint density at radius 1 is 1.15 bits per heavy atom. The number of carbonyl (C=O) groups excluding carboxylic acids is 1. The number of halogens is 4. The van der Waals surface area contributed by atoms with Crippen molar-refractivity contribution in [3.8, 4) is 5.75 Å². The average Bonchev–Trinajstić information content (AvgIpc) is 2.75. The summed E-state index contributed by atoms with van der Waals surface area (Å²) in [6.07, 6.45) is -4.81. The van der Waals surface area contributed by atoms with Gasteiger partial charge in [-0.15, -0.1) is 0 Å². The van der Waals surface area contributed by atoms with E-state index in [0.717, 1.165) is 12.1 Å². The quantitative estimate of drug-likeness (QED) is 0.383. The van der Waals surface area contributed by atoms with Crippen LogP contribution in [0.15, 0.2) is 42.5 Å². The van der Waals surface area contributed by atoms with E-state index in [1.807, 2.05) is 4.90 Å². The zero-order valence-electron chi connectivity index (χ0n) is 19.5. The zero-order valence-corrected chi connectivity index (χ0v) is 19.5. The van der Waals surface area contributed by atoms with Crippen LogP contribution < -0.4 is 4.74 Å². The molecule has 3 rings (SSSR count). The predicted molar refractivity (Wildman–Crippen MR) is 118 cm³/mol. The van der Waals surface area contributed by atoms with E-state index in [1.165, 1.54) is 30.3 Å². The SMILES string of the molecule is CC(C)(C)OC(=O)CCN1CCOC(c2ccc(OCc3ccccc3C(F)(F)F)cc2F)C1. The highest BCUT2D eigenvalue weighted by Gasteiger charge is 2.33. The van der Waals surface area contributed by atoms with Crippen LogP contribution in [0.25, 0.3) is 0 Å². The van der Waals surface area contributed by atoms with Crippen LogP contribution in [0.1, 0.15) is 50.0 Å². The van der Waals surface area contributed by atoms with Crippen LogP contribution in [0.4, 0.5) is 17.6 Å². The fourth-order valence-electron chi connectivity index (χ4n) is 3.68. The third kappa shape index (κ3) is 7.43. The van der Waals surface area contributed by atoms with Crippen molar-refractivity contribution in [2.24, 2.45) is 0 Å². The molecule has 0 saturated carbocycles. The fraction of sp³-hybridized carbons (Fsp3) is 0.480. The van der Waals surface area contributed by atoms with Crippen molar-refractivity contribution < 1.29 is 36.6 Å². The number of alkyl halides is 3. The van der Waals surface area contributed by atoms with Gasteiger partial charge in [-0.1, -0.05) is 18.2 Å². The smallest absolute Gasteiger partial charge is 0.416 e. The number of rotatable bonds is 7. The van der Waals surface area contributed by atoms with Gasteiger partial charge in [0.2, 0.25) is 0 Å². The Balaban J connectivity index is 1.59. The molecule has 1 aliphatic heterocycles. The van der Waals surface area contributed by atoms with E-state index in [-0.39, 0.29) is 30.3 Å². The average molecular weight is 484 g/mol. The summed E-state index contributed by atoms with van der Waals surface area (Å²) in [6, 6.07) is 9.29. The normalized spacial score (nSPS) is 17.4. The lowest BCUT2D eigenvalue weighted by Gasteiger charge is -2.33. The number of morpholine rings is 1. The van der Waals surface area contributed by atoms with Gasteiger partial charge in [0, 0.05) is 36.8 Å². The molecule has 1 heterocycles. The van der Waals surface area contributed by atoms with E-state index >= 15 is 0 Å². The Hall–Kier alpha value is -2.65. The summed E-state index contributed by atoms with van der Waals surface area (Å²) in [5.41, 5.74) is -1.04. The van der Waals surface area contributed by atoms with E-state index in [2.05, 4.69) is 0 Å². The summed E-state index contributed by atoms with van der Waals surface area (Å²) in [5, 5.41) is 0. The van der Waals surface area contributed by atoms with Gasteiger partial charge >= 0.3 is 12.1 Å². The maximum atomic E-state index is 14.8. The first kappa shape index (κ1) is 26.0. The van der Waals surface area contributed by atoms with Gasteiger partial charge in [-0.2, -0.15) is 13.2 Å². The van der Waals surface area contributed by atoms with E-state index in [0.29, 0.717) is 31.8 Å². The van der Waals surface area contributed by atoms with Crippen molar-refractivity contribution in [2.75, 3.05) is 26.2 Å². The van der Waals surface area contributed by atoms with Crippen molar-refractivity contribution in [3.63, 3.8) is 0 Å². The van der Waals surface area contributed by atoms with Crippen LogP contribution in [0.3, 0.4) is 0 Å². The third-order valence-electron chi connectivity index (χ3n) is 5.24. The van der Waals surface area contributed by atoms with Gasteiger partial charge in [0.1, 0.15) is 23.8 Å². The van der Waals surface area contributed by atoms with Gasteiger partial charge in [0.05, 0.1) is 24.7 Å². The molecule has 1 atom stereocenters. The first-order chi connectivity index (χ1) is 15.9. The number of hydrogen-bond acceptors (Lipinski definition) is 5. The standard InChI is InChI=1S/C25H29F4NO4/c1-24(2,3)34-23(31)10-11-30-12-13-32-22(15-30)19-9-8-18(14-21(19)26)33-16-17-6-4-5-7-20(17)25(27,28)29/h4-9,14,22H,10-13,15-16H2,1-3H3. The van der Waals surface area contributed by atoms with Gasteiger partial charge in [-0.3, -0.25) is 9.69 Å². The lowest BCUT2D eigenvalue weighted by Crippen LogP contribution is -2.40. The van der Waals surface area contributed by atoms with Crippen molar-refractivity contribution in [1.29, 1.82) is 0 Å². The molecule has 1 saturated heterocycles. The lowest BCUT2D eigenvalue weighted by molar-refractivity contribution is -0.155. The Labute approximate surface area is 196 Å². The molecule has 0 bridgehead atoms. The molecule has 1 unspecified atom stereocenters. The predicted octanol–water partition coefficient (Wildman–Crippen LogP) is 5.53. The first-order valence-electron chi connectivity index (χ1n) is 11.1. The van der Waals surface area contributed by atoms with Gasteiger partial charge in [0.15, 0.2) is 0 Å². The minimum absolute atomic E-state index is 0.0317. The summed E-state index contributed by atoms with van der Waals surface area (Å²) in [6.45, 7) is 6.94. The van der Waals surface area contributed by atoms with E-state index in [9.17, 15) is 22.4 Å². The molecule has 0 spiro atoms. The van der Waals surface area contributed by atoms with Gasteiger partial charge in [0.25, 0.3) is 0 Å². The van der Waals surface area contributed by atoms with E-state index in [1.54, 1.807) is 20.8 Å². The lowest BCUT2D eigenvalue weighted by atomic mass is 10.1. The maximum absolute atomic E-state index is 14.8. The number of hydrogen-bond donors (Lipinski definition) is 0. The van der Waals surface area contributed by atoms with Crippen molar-refractivity contribution in [2.45, 2.75) is 51.7 Å². The Bertz CT molecular complexity index is 988. The maximum Gasteiger partial charge on any atom is 0.416 e. The topological polar surface area (TPSA) is 48.0 Å². The number of benzene rings is 2. The van der Waals surface area contributed by atoms with Gasteiger partial charge in [-0.25, -0.2) is 4.39 Å². The van der Waals surface area contributed by atoms with Crippen molar-refractivity contribution in [1.82, 2.24) is 4.90 Å². The Morgan fingerprint density at radius 3 is 2.56 bits per heavy atom. The molecular weight excluding hydrogens is 454 g/mol. The molecule has 0 aliphatic carbocycles. The minimum Gasteiger partial charge on any atom is -0.489 e. The van der Waals surface area contributed by atoms with Crippen molar-refractivity contribution >= 4 is 5.97 Å².